The van der Waals surface area contributed by atoms with Crippen LogP contribution in [0.1, 0.15) is 10.4 Å². The first-order valence-electron chi connectivity index (χ1n) is 5.73. The summed E-state index contributed by atoms with van der Waals surface area (Å²) in [6.45, 7) is 0. The topological polar surface area (TPSA) is 37.4 Å². The summed E-state index contributed by atoms with van der Waals surface area (Å²) in [6.07, 6.45) is 0. The fourth-order valence-electron chi connectivity index (χ4n) is 1.70. The summed E-state index contributed by atoms with van der Waals surface area (Å²) >= 11 is 3.37. The third-order valence-corrected chi connectivity index (χ3v) is 3.42. The number of benzene rings is 2. The van der Waals surface area contributed by atoms with E-state index in [1.54, 1.807) is 43.4 Å². The molecule has 0 aliphatic carbocycles. The van der Waals surface area contributed by atoms with Crippen molar-refractivity contribution in [3.63, 3.8) is 0 Å². The van der Waals surface area contributed by atoms with Crippen LogP contribution in [0.3, 0.4) is 0 Å². The molecule has 0 aliphatic heterocycles. The van der Waals surface area contributed by atoms with E-state index in [1.807, 2.05) is 18.2 Å². The standard InChI is InChI=1S/C15H12BrNO2/c1-17(13-10-6-5-9-12(13)16)15(19)14(18)11-7-3-2-4-8-11/h2-10H,1H3. The van der Waals surface area contributed by atoms with Crippen molar-refractivity contribution < 1.29 is 9.59 Å². The molecule has 0 unspecified atom stereocenters. The molecule has 19 heavy (non-hydrogen) atoms. The number of anilines is 1. The molecule has 0 saturated heterocycles. The van der Waals surface area contributed by atoms with Gasteiger partial charge in [0.05, 0.1) is 5.69 Å². The van der Waals surface area contributed by atoms with Gasteiger partial charge in [0.15, 0.2) is 0 Å². The maximum atomic E-state index is 12.2. The number of nitrogens with zero attached hydrogens (tertiary/aromatic N) is 1. The van der Waals surface area contributed by atoms with Crippen LogP contribution in [-0.4, -0.2) is 18.7 Å². The number of hydrogen-bond donors (Lipinski definition) is 0. The molecule has 4 heteroatoms. The van der Waals surface area contributed by atoms with E-state index in [0.717, 1.165) is 4.47 Å². The van der Waals surface area contributed by atoms with Gasteiger partial charge < -0.3 is 4.90 Å². The maximum Gasteiger partial charge on any atom is 0.299 e. The lowest BCUT2D eigenvalue weighted by molar-refractivity contribution is -0.114. The summed E-state index contributed by atoms with van der Waals surface area (Å²) in [6, 6.07) is 15.8. The fraction of sp³-hybridized carbons (Fsp3) is 0.0667. The van der Waals surface area contributed by atoms with Crippen molar-refractivity contribution in [3.8, 4) is 0 Å². The van der Waals surface area contributed by atoms with E-state index in [-0.39, 0.29) is 0 Å². The van der Waals surface area contributed by atoms with E-state index in [1.165, 1.54) is 4.90 Å². The van der Waals surface area contributed by atoms with Gasteiger partial charge >= 0.3 is 0 Å². The first-order valence-corrected chi connectivity index (χ1v) is 6.52. The van der Waals surface area contributed by atoms with Gasteiger partial charge in [0.25, 0.3) is 11.7 Å². The Morgan fingerprint density at radius 3 is 2.16 bits per heavy atom. The first kappa shape index (κ1) is 13.5. The monoisotopic (exact) mass is 317 g/mol. The van der Waals surface area contributed by atoms with E-state index in [0.29, 0.717) is 11.3 Å². The van der Waals surface area contributed by atoms with Gasteiger partial charge in [-0.05, 0) is 28.1 Å². The van der Waals surface area contributed by atoms with Gasteiger partial charge in [-0.3, -0.25) is 9.59 Å². The van der Waals surface area contributed by atoms with Crippen LogP contribution in [0.2, 0.25) is 0 Å². The third kappa shape index (κ3) is 2.90. The Balaban J connectivity index is 2.26. The second kappa shape index (κ2) is 5.80. The van der Waals surface area contributed by atoms with Gasteiger partial charge in [0.2, 0.25) is 0 Å². The van der Waals surface area contributed by atoms with Crippen LogP contribution in [0.15, 0.2) is 59.1 Å². The second-order valence-corrected chi connectivity index (χ2v) is 4.87. The molecule has 3 nitrogen and oxygen atoms in total. The fourth-order valence-corrected chi connectivity index (χ4v) is 2.25. The van der Waals surface area contributed by atoms with Gasteiger partial charge in [-0.1, -0.05) is 42.5 Å². The van der Waals surface area contributed by atoms with Crippen LogP contribution in [-0.2, 0) is 4.79 Å². The number of Topliss-reactive ketones (excluding diaryl/α,β-unsaturated/α-hetero) is 1. The van der Waals surface area contributed by atoms with Gasteiger partial charge in [0, 0.05) is 17.1 Å². The van der Waals surface area contributed by atoms with Gasteiger partial charge in [0.1, 0.15) is 0 Å². The number of rotatable bonds is 3. The van der Waals surface area contributed by atoms with Crippen molar-refractivity contribution in [2.24, 2.45) is 0 Å². The minimum atomic E-state index is -0.557. The summed E-state index contributed by atoms with van der Waals surface area (Å²) < 4.78 is 0.770. The zero-order chi connectivity index (χ0) is 13.8. The smallest absolute Gasteiger partial charge is 0.299 e. The van der Waals surface area contributed by atoms with Crippen LogP contribution >= 0.6 is 15.9 Å². The first-order chi connectivity index (χ1) is 9.11. The summed E-state index contributed by atoms with van der Waals surface area (Å²) in [4.78, 5) is 25.6. The number of carbonyl (C=O) groups is 2. The van der Waals surface area contributed by atoms with Crippen molar-refractivity contribution in [2.75, 3.05) is 11.9 Å². The Kier molecular flexibility index (Phi) is 4.12. The lowest BCUT2D eigenvalue weighted by Gasteiger charge is -2.17. The van der Waals surface area contributed by atoms with E-state index >= 15 is 0 Å². The lowest BCUT2D eigenvalue weighted by Crippen LogP contribution is -2.33. The van der Waals surface area contributed by atoms with Gasteiger partial charge in [-0.25, -0.2) is 0 Å². The molecule has 0 saturated carbocycles. The van der Waals surface area contributed by atoms with E-state index in [9.17, 15) is 9.59 Å². The van der Waals surface area contributed by atoms with Crippen molar-refractivity contribution in [1.82, 2.24) is 0 Å². The Bertz CT molecular complexity index is 611. The predicted octanol–water partition coefficient (Wildman–Crippen LogP) is 3.29. The largest absolute Gasteiger partial charge is 0.307 e. The lowest BCUT2D eigenvalue weighted by atomic mass is 10.1. The Morgan fingerprint density at radius 2 is 1.53 bits per heavy atom. The average Bonchev–Trinajstić information content (AvgIpc) is 2.46. The summed E-state index contributed by atoms with van der Waals surface area (Å²) in [7, 11) is 1.59. The van der Waals surface area contributed by atoms with Crippen molar-refractivity contribution >= 4 is 33.3 Å². The number of amides is 1. The Hall–Kier alpha value is -1.94. The molecule has 1 amide bonds. The molecule has 96 valence electrons. The molecular formula is C15H12BrNO2. The average molecular weight is 318 g/mol. The van der Waals surface area contributed by atoms with Crippen LogP contribution < -0.4 is 4.90 Å². The molecule has 0 fully saturated rings. The second-order valence-electron chi connectivity index (χ2n) is 4.01. The maximum absolute atomic E-state index is 12.2. The van der Waals surface area contributed by atoms with Crippen LogP contribution in [0.5, 0.6) is 0 Å². The number of likely N-dealkylation sites (N-methyl/N-ethyl adjacent to an activating group) is 1. The number of halogens is 1. The Labute approximate surface area is 120 Å². The minimum absolute atomic E-state index is 0.395. The van der Waals surface area contributed by atoms with Crippen molar-refractivity contribution in [2.45, 2.75) is 0 Å². The molecule has 2 rings (SSSR count). The number of ketones is 1. The molecule has 0 bridgehead atoms. The highest BCUT2D eigenvalue weighted by molar-refractivity contribution is 9.10. The minimum Gasteiger partial charge on any atom is -0.307 e. The highest BCUT2D eigenvalue weighted by Gasteiger charge is 2.22. The normalized spacial score (nSPS) is 10.0. The summed E-state index contributed by atoms with van der Waals surface area (Å²) in [5, 5.41) is 0. The molecule has 2 aromatic rings. The predicted molar refractivity (Wildman–Crippen MR) is 78.3 cm³/mol. The zero-order valence-electron chi connectivity index (χ0n) is 10.3. The molecule has 0 heterocycles. The molecule has 0 spiro atoms. The van der Waals surface area contributed by atoms with E-state index in [2.05, 4.69) is 15.9 Å². The van der Waals surface area contributed by atoms with Gasteiger partial charge in [-0.15, -0.1) is 0 Å². The SMILES string of the molecule is CN(C(=O)C(=O)c1ccccc1)c1ccccc1Br. The molecule has 0 atom stereocenters. The quantitative estimate of drug-likeness (QED) is 0.643. The zero-order valence-corrected chi connectivity index (χ0v) is 11.9. The van der Waals surface area contributed by atoms with Gasteiger partial charge in [-0.2, -0.15) is 0 Å². The van der Waals surface area contributed by atoms with Crippen LogP contribution in [0, 0.1) is 0 Å². The number of carbonyl (C=O) groups excluding carboxylic acids is 2. The molecule has 0 aromatic heterocycles. The van der Waals surface area contributed by atoms with E-state index in [4.69, 9.17) is 0 Å². The Morgan fingerprint density at radius 1 is 0.947 bits per heavy atom. The third-order valence-electron chi connectivity index (χ3n) is 2.75. The van der Waals surface area contributed by atoms with Crippen molar-refractivity contribution in [3.05, 3.63) is 64.6 Å². The highest BCUT2D eigenvalue weighted by atomic mass is 79.9. The summed E-state index contributed by atoms with van der Waals surface area (Å²) in [5.41, 5.74) is 1.06. The molecule has 0 N–H and O–H groups in total. The number of hydrogen-bond acceptors (Lipinski definition) is 2. The van der Waals surface area contributed by atoms with Crippen LogP contribution in [0.4, 0.5) is 5.69 Å². The molecular weight excluding hydrogens is 306 g/mol. The molecule has 0 aliphatic rings. The van der Waals surface area contributed by atoms with E-state index < -0.39 is 11.7 Å². The number of para-hydroxylation sites is 1. The van der Waals surface area contributed by atoms with Crippen LogP contribution in [0.25, 0.3) is 0 Å². The highest BCUT2D eigenvalue weighted by Crippen LogP contribution is 2.25. The summed E-state index contributed by atoms with van der Waals surface area (Å²) in [5.74, 6) is -1.07. The molecule has 2 aromatic carbocycles. The van der Waals surface area contributed by atoms with Crippen molar-refractivity contribution in [1.29, 1.82) is 0 Å². The molecule has 0 radical (unpaired) electrons.